The lowest BCUT2D eigenvalue weighted by atomic mass is 10.2. The molecule has 7 heteroatoms. The van der Waals surface area contributed by atoms with Gasteiger partial charge in [-0.3, -0.25) is 14.7 Å². The van der Waals surface area contributed by atoms with Crippen molar-refractivity contribution in [1.29, 1.82) is 0 Å². The number of hydrogen-bond donors (Lipinski definition) is 0. The van der Waals surface area contributed by atoms with Gasteiger partial charge < -0.3 is 0 Å². The minimum Gasteiger partial charge on any atom is -0.278 e. The van der Waals surface area contributed by atoms with Crippen LogP contribution in [0, 0.1) is 0 Å². The number of carbonyl (C=O) groups is 1. The fourth-order valence-electron chi connectivity index (χ4n) is 2.94. The Labute approximate surface area is 182 Å². The largest absolute Gasteiger partial charge is 0.278 e. The van der Waals surface area contributed by atoms with E-state index >= 15 is 0 Å². The molecule has 0 saturated heterocycles. The molecule has 1 amide bonds. The third kappa shape index (κ3) is 4.45. The molecule has 0 aliphatic rings. The zero-order chi connectivity index (χ0) is 20.2. The molecule has 4 aromatic rings. The van der Waals surface area contributed by atoms with Gasteiger partial charge >= 0.3 is 0 Å². The number of benzene rings is 2. The second kappa shape index (κ2) is 8.95. The van der Waals surface area contributed by atoms with Gasteiger partial charge in [0.25, 0.3) is 5.91 Å². The van der Waals surface area contributed by atoms with E-state index in [0.717, 1.165) is 21.0 Å². The van der Waals surface area contributed by atoms with Gasteiger partial charge in [-0.25, -0.2) is 4.98 Å². The highest BCUT2D eigenvalue weighted by Gasteiger charge is 2.23. The van der Waals surface area contributed by atoms with Crippen LogP contribution in [0.1, 0.15) is 23.0 Å². The van der Waals surface area contributed by atoms with Crippen LogP contribution in [0.15, 0.2) is 71.8 Å². The first-order chi connectivity index (χ1) is 14.2. The smallest absolute Gasteiger partial charge is 0.260 e. The van der Waals surface area contributed by atoms with E-state index in [9.17, 15) is 4.79 Å². The summed E-state index contributed by atoms with van der Waals surface area (Å²) in [5.41, 5.74) is 2.14. The first kappa shape index (κ1) is 19.9. The zero-order valence-corrected chi connectivity index (χ0v) is 18.1. The van der Waals surface area contributed by atoms with Crippen LogP contribution in [0.25, 0.3) is 10.2 Å². The van der Waals surface area contributed by atoms with Gasteiger partial charge in [0.1, 0.15) is 5.52 Å². The van der Waals surface area contributed by atoms with E-state index in [0.29, 0.717) is 27.8 Å². The number of para-hydroxylation sites is 1. The van der Waals surface area contributed by atoms with Gasteiger partial charge in [-0.1, -0.05) is 48.1 Å². The van der Waals surface area contributed by atoms with E-state index in [1.807, 2.05) is 60.7 Å². The first-order valence-corrected chi connectivity index (χ1v) is 11.3. The lowest BCUT2D eigenvalue weighted by Gasteiger charge is -2.20. The van der Waals surface area contributed by atoms with Crippen molar-refractivity contribution < 1.29 is 4.79 Å². The molecule has 146 valence electrons. The molecule has 0 spiro atoms. The lowest BCUT2D eigenvalue weighted by Crippen LogP contribution is -2.30. The summed E-state index contributed by atoms with van der Waals surface area (Å²) in [5.74, 6) is 0.843. The van der Waals surface area contributed by atoms with Gasteiger partial charge in [0.05, 0.1) is 22.0 Å². The normalized spacial score (nSPS) is 11.0. The molecule has 0 aliphatic heterocycles. The molecule has 0 N–H and O–H groups in total. The van der Waals surface area contributed by atoms with Crippen LogP contribution >= 0.6 is 34.7 Å². The number of amides is 1. The van der Waals surface area contributed by atoms with Crippen molar-refractivity contribution in [2.24, 2.45) is 0 Å². The quantitative estimate of drug-likeness (QED) is 0.330. The number of hydrogen-bond acceptors (Lipinski definition) is 5. The number of halogens is 1. The Hall–Kier alpha value is -2.41. The Morgan fingerprint density at radius 2 is 2.00 bits per heavy atom. The Morgan fingerprint density at radius 3 is 2.76 bits per heavy atom. The molecule has 2 aromatic carbocycles. The molecule has 2 aromatic heterocycles. The minimum atomic E-state index is -0.107. The average Bonchev–Trinajstić information content (AvgIpc) is 3.18. The summed E-state index contributed by atoms with van der Waals surface area (Å²) in [6, 6.07) is 19.1. The van der Waals surface area contributed by atoms with Gasteiger partial charge in [-0.15, -0.1) is 11.8 Å². The SMILES string of the molecule is CCSc1cccc(C(=O)N(Cc2ccccn2)c2nc3c(Cl)cccc3s2)c1. The van der Waals surface area contributed by atoms with Crippen molar-refractivity contribution in [3.05, 3.63) is 83.1 Å². The molecule has 4 nitrogen and oxygen atoms in total. The van der Waals surface area contributed by atoms with Crippen molar-refractivity contribution in [2.75, 3.05) is 10.7 Å². The highest BCUT2D eigenvalue weighted by Crippen LogP contribution is 2.34. The number of aromatic nitrogens is 2. The number of nitrogens with zero attached hydrogens (tertiary/aromatic N) is 3. The monoisotopic (exact) mass is 439 g/mol. The Kier molecular flexibility index (Phi) is 6.13. The summed E-state index contributed by atoms with van der Waals surface area (Å²) < 4.78 is 0.946. The number of thioether (sulfide) groups is 1. The number of carbonyl (C=O) groups excluding carboxylic acids is 1. The minimum absolute atomic E-state index is 0.107. The van der Waals surface area contributed by atoms with Crippen LogP contribution in [-0.4, -0.2) is 21.6 Å². The topological polar surface area (TPSA) is 46.1 Å². The maximum atomic E-state index is 13.5. The molecule has 4 rings (SSSR count). The molecule has 0 bridgehead atoms. The van der Waals surface area contributed by atoms with Crippen LogP contribution in [-0.2, 0) is 6.54 Å². The van der Waals surface area contributed by atoms with E-state index in [1.165, 1.54) is 11.3 Å². The molecular weight excluding hydrogens is 422 g/mol. The molecule has 29 heavy (non-hydrogen) atoms. The third-order valence-electron chi connectivity index (χ3n) is 4.27. The summed E-state index contributed by atoms with van der Waals surface area (Å²) in [6.45, 7) is 2.43. The van der Waals surface area contributed by atoms with Gasteiger partial charge in [-0.2, -0.15) is 0 Å². The van der Waals surface area contributed by atoms with Crippen molar-refractivity contribution in [2.45, 2.75) is 18.4 Å². The molecule has 0 aliphatic carbocycles. The Bertz CT molecular complexity index is 1150. The summed E-state index contributed by atoms with van der Waals surface area (Å²) in [6.07, 6.45) is 1.73. The van der Waals surface area contributed by atoms with Crippen molar-refractivity contribution >= 4 is 56.0 Å². The highest BCUT2D eigenvalue weighted by molar-refractivity contribution is 7.99. The van der Waals surface area contributed by atoms with Gasteiger partial charge in [0, 0.05) is 16.7 Å². The fraction of sp³-hybridized carbons (Fsp3) is 0.136. The maximum absolute atomic E-state index is 13.5. The highest BCUT2D eigenvalue weighted by atomic mass is 35.5. The molecular formula is C22H18ClN3OS2. The Morgan fingerprint density at radius 1 is 1.14 bits per heavy atom. The molecule has 0 unspecified atom stereocenters. The second-order valence-corrected chi connectivity index (χ2v) is 9.01. The van der Waals surface area contributed by atoms with Gasteiger partial charge in [0.15, 0.2) is 5.13 Å². The van der Waals surface area contributed by atoms with Crippen molar-refractivity contribution in [1.82, 2.24) is 9.97 Å². The van der Waals surface area contributed by atoms with Gasteiger partial charge in [0.2, 0.25) is 0 Å². The molecule has 2 heterocycles. The average molecular weight is 440 g/mol. The summed E-state index contributed by atoms with van der Waals surface area (Å²) in [4.78, 5) is 25.3. The lowest BCUT2D eigenvalue weighted by molar-refractivity contribution is 0.0984. The van der Waals surface area contributed by atoms with E-state index in [4.69, 9.17) is 11.6 Å². The maximum Gasteiger partial charge on any atom is 0.260 e. The Balaban J connectivity index is 1.76. The van der Waals surface area contributed by atoms with Crippen LogP contribution in [0.2, 0.25) is 5.02 Å². The standard InChI is InChI=1S/C22H18ClN3OS2/c1-2-28-17-9-5-7-15(13-17)21(27)26(14-16-8-3-4-12-24-16)22-25-20-18(23)10-6-11-19(20)29-22/h3-13H,2,14H2,1H3. The van der Waals surface area contributed by atoms with Crippen LogP contribution in [0.4, 0.5) is 5.13 Å². The number of pyridine rings is 1. The number of anilines is 1. The van der Waals surface area contributed by atoms with E-state index in [-0.39, 0.29) is 5.91 Å². The third-order valence-corrected chi connectivity index (χ3v) is 6.50. The van der Waals surface area contributed by atoms with Crippen molar-refractivity contribution in [3.8, 4) is 0 Å². The number of thiazole rings is 1. The molecule has 0 fully saturated rings. The molecule has 0 radical (unpaired) electrons. The van der Waals surface area contributed by atoms with E-state index in [1.54, 1.807) is 22.9 Å². The first-order valence-electron chi connectivity index (χ1n) is 9.15. The zero-order valence-electron chi connectivity index (χ0n) is 15.7. The van der Waals surface area contributed by atoms with Crippen LogP contribution in [0.3, 0.4) is 0 Å². The van der Waals surface area contributed by atoms with E-state index < -0.39 is 0 Å². The molecule has 0 atom stereocenters. The van der Waals surface area contributed by atoms with Gasteiger partial charge in [-0.05, 0) is 48.2 Å². The number of fused-ring (bicyclic) bond motifs is 1. The summed E-state index contributed by atoms with van der Waals surface area (Å²) in [7, 11) is 0. The van der Waals surface area contributed by atoms with Crippen LogP contribution in [0.5, 0.6) is 0 Å². The summed E-state index contributed by atoms with van der Waals surface area (Å²) >= 11 is 9.48. The summed E-state index contributed by atoms with van der Waals surface area (Å²) in [5, 5.41) is 1.19. The predicted octanol–water partition coefficient (Wildman–Crippen LogP) is 6.30. The predicted molar refractivity (Wildman–Crippen MR) is 122 cm³/mol. The molecule has 0 saturated carbocycles. The fourth-order valence-corrected chi connectivity index (χ4v) is 4.92. The van der Waals surface area contributed by atoms with Crippen LogP contribution < -0.4 is 4.90 Å². The van der Waals surface area contributed by atoms with Crippen molar-refractivity contribution in [3.63, 3.8) is 0 Å². The van der Waals surface area contributed by atoms with E-state index in [2.05, 4.69) is 16.9 Å². The number of rotatable bonds is 6. The second-order valence-electron chi connectivity index (χ2n) is 6.26.